The van der Waals surface area contributed by atoms with Crippen LogP contribution in [-0.4, -0.2) is 5.78 Å². The van der Waals surface area contributed by atoms with E-state index in [1.807, 2.05) is 12.1 Å². The first-order valence-corrected chi connectivity index (χ1v) is 4.21. The van der Waals surface area contributed by atoms with E-state index in [0.717, 1.165) is 4.47 Å². The molecule has 0 aliphatic rings. The van der Waals surface area contributed by atoms with Crippen LogP contribution in [0.1, 0.15) is 10.4 Å². The van der Waals surface area contributed by atoms with Crippen molar-refractivity contribution < 1.29 is 4.79 Å². The van der Waals surface area contributed by atoms with Crippen LogP contribution in [0.5, 0.6) is 0 Å². The zero-order chi connectivity index (χ0) is 8.97. The molecule has 1 aromatic carbocycles. The summed E-state index contributed by atoms with van der Waals surface area (Å²) in [4.78, 5) is 11.2. The van der Waals surface area contributed by atoms with Crippen LogP contribution < -0.4 is 5.73 Å². The van der Waals surface area contributed by atoms with E-state index in [1.54, 1.807) is 12.1 Å². The lowest BCUT2D eigenvalue weighted by molar-refractivity contribution is 0.104. The highest BCUT2D eigenvalue weighted by molar-refractivity contribution is 9.10. The molecule has 0 aliphatic heterocycles. The number of ketones is 1. The summed E-state index contributed by atoms with van der Waals surface area (Å²) in [6.07, 6.45) is 2.57. The lowest BCUT2D eigenvalue weighted by Crippen LogP contribution is -1.94. The average molecular weight is 226 g/mol. The Balaban J connectivity index is 2.96. The van der Waals surface area contributed by atoms with Crippen LogP contribution in [0, 0.1) is 0 Å². The highest BCUT2D eigenvalue weighted by Crippen LogP contribution is 2.12. The molecule has 0 aromatic heterocycles. The molecular weight excluding hydrogens is 218 g/mol. The average Bonchev–Trinajstić information content (AvgIpc) is 2.05. The maximum atomic E-state index is 11.2. The summed E-state index contributed by atoms with van der Waals surface area (Å²) < 4.78 is 0.888. The lowest BCUT2D eigenvalue weighted by Gasteiger charge is -1.95. The zero-order valence-corrected chi connectivity index (χ0v) is 7.91. The monoisotopic (exact) mass is 225 g/mol. The van der Waals surface area contributed by atoms with E-state index in [1.165, 1.54) is 12.3 Å². The van der Waals surface area contributed by atoms with E-state index in [4.69, 9.17) is 5.73 Å². The Kier molecular flexibility index (Phi) is 3.05. The molecule has 0 unspecified atom stereocenters. The first-order chi connectivity index (χ1) is 5.74. The van der Waals surface area contributed by atoms with Crippen LogP contribution in [0.15, 0.2) is 41.0 Å². The Morgan fingerprint density at radius 1 is 1.50 bits per heavy atom. The molecule has 0 saturated heterocycles. The van der Waals surface area contributed by atoms with Gasteiger partial charge in [-0.15, -0.1) is 0 Å². The molecule has 0 aliphatic carbocycles. The number of benzene rings is 1. The Bertz CT molecular complexity index is 320. The van der Waals surface area contributed by atoms with Gasteiger partial charge in [-0.05, 0) is 18.3 Å². The number of hydrogen-bond donors (Lipinski definition) is 1. The van der Waals surface area contributed by atoms with E-state index in [9.17, 15) is 4.79 Å². The first kappa shape index (κ1) is 9.00. The quantitative estimate of drug-likeness (QED) is 0.619. The van der Waals surface area contributed by atoms with Gasteiger partial charge in [-0.1, -0.05) is 28.1 Å². The maximum Gasteiger partial charge on any atom is 0.187 e. The molecule has 12 heavy (non-hydrogen) atoms. The van der Waals surface area contributed by atoms with Crippen molar-refractivity contribution in [3.63, 3.8) is 0 Å². The zero-order valence-electron chi connectivity index (χ0n) is 6.33. The standard InChI is InChI=1S/C9H8BrNO/c10-8-3-1-2-7(6-8)9(12)4-5-11/h1-6H,11H2. The molecule has 0 atom stereocenters. The highest BCUT2D eigenvalue weighted by Gasteiger charge is 2.00. The van der Waals surface area contributed by atoms with Crippen molar-refractivity contribution >= 4 is 21.7 Å². The van der Waals surface area contributed by atoms with Gasteiger partial charge in [-0.3, -0.25) is 4.79 Å². The molecule has 0 saturated carbocycles. The second-order valence-corrected chi connectivity index (χ2v) is 3.15. The van der Waals surface area contributed by atoms with Gasteiger partial charge in [0.05, 0.1) is 0 Å². The summed E-state index contributed by atoms with van der Waals surface area (Å²) in [5, 5.41) is 0. The molecule has 0 fully saturated rings. The van der Waals surface area contributed by atoms with Crippen molar-refractivity contribution in [1.82, 2.24) is 0 Å². The minimum Gasteiger partial charge on any atom is -0.404 e. The molecule has 0 heterocycles. The maximum absolute atomic E-state index is 11.2. The first-order valence-electron chi connectivity index (χ1n) is 3.42. The smallest absolute Gasteiger partial charge is 0.187 e. The van der Waals surface area contributed by atoms with Gasteiger partial charge in [0.15, 0.2) is 5.78 Å². The number of carbonyl (C=O) groups excluding carboxylic acids is 1. The van der Waals surface area contributed by atoms with Crippen LogP contribution in [0.2, 0.25) is 0 Å². The number of halogens is 1. The van der Waals surface area contributed by atoms with Crippen molar-refractivity contribution in [3.05, 3.63) is 46.6 Å². The highest BCUT2D eigenvalue weighted by atomic mass is 79.9. The third kappa shape index (κ3) is 2.20. The van der Waals surface area contributed by atoms with Gasteiger partial charge in [-0.2, -0.15) is 0 Å². The third-order valence-corrected chi connectivity index (χ3v) is 1.85. The fraction of sp³-hybridized carbons (Fsp3) is 0. The van der Waals surface area contributed by atoms with E-state index >= 15 is 0 Å². The molecule has 0 bridgehead atoms. The molecule has 3 heteroatoms. The van der Waals surface area contributed by atoms with Crippen LogP contribution >= 0.6 is 15.9 Å². The molecule has 0 amide bonds. The van der Waals surface area contributed by atoms with Crippen LogP contribution in [-0.2, 0) is 0 Å². The van der Waals surface area contributed by atoms with E-state index in [0.29, 0.717) is 5.56 Å². The molecule has 2 nitrogen and oxygen atoms in total. The topological polar surface area (TPSA) is 43.1 Å². The predicted octanol–water partition coefficient (Wildman–Crippen LogP) is 2.10. The Morgan fingerprint density at radius 3 is 2.83 bits per heavy atom. The Hall–Kier alpha value is -1.09. The second kappa shape index (κ2) is 4.07. The number of nitrogens with two attached hydrogens (primary N) is 1. The minimum absolute atomic E-state index is 0.0844. The summed E-state index contributed by atoms with van der Waals surface area (Å²) in [6, 6.07) is 7.17. The van der Waals surface area contributed by atoms with Gasteiger partial charge in [-0.25, -0.2) is 0 Å². The Labute approximate surface area is 79.2 Å². The molecular formula is C9H8BrNO. The van der Waals surface area contributed by atoms with Gasteiger partial charge in [0.25, 0.3) is 0 Å². The summed E-state index contributed by atoms with van der Waals surface area (Å²) >= 11 is 3.27. The SMILES string of the molecule is NC=CC(=O)c1cccc(Br)c1. The molecule has 0 radical (unpaired) electrons. The number of hydrogen-bond acceptors (Lipinski definition) is 2. The summed E-state index contributed by atoms with van der Waals surface area (Å²) in [7, 11) is 0. The lowest BCUT2D eigenvalue weighted by atomic mass is 10.1. The van der Waals surface area contributed by atoms with Crippen LogP contribution in [0.25, 0.3) is 0 Å². The number of allylic oxidation sites excluding steroid dienone is 1. The van der Waals surface area contributed by atoms with Crippen LogP contribution in [0.3, 0.4) is 0 Å². The van der Waals surface area contributed by atoms with Crippen molar-refractivity contribution in [1.29, 1.82) is 0 Å². The second-order valence-electron chi connectivity index (χ2n) is 2.23. The predicted molar refractivity (Wildman–Crippen MR) is 51.8 cm³/mol. The summed E-state index contributed by atoms with van der Waals surface area (Å²) in [5.41, 5.74) is 5.72. The van der Waals surface area contributed by atoms with Crippen molar-refractivity contribution in [2.24, 2.45) is 5.73 Å². The molecule has 1 aromatic rings. The van der Waals surface area contributed by atoms with Gasteiger partial charge in [0, 0.05) is 16.1 Å². The van der Waals surface area contributed by atoms with Crippen LogP contribution in [0.4, 0.5) is 0 Å². The van der Waals surface area contributed by atoms with Crippen molar-refractivity contribution in [2.75, 3.05) is 0 Å². The summed E-state index contributed by atoms with van der Waals surface area (Å²) in [5.74, 6) is -0.0844. The fourth-order valence-electron chi connectivity index (χ4n) is 0.825. The van der Waals surface area contributed by atoms with Crippen molar-refractivity contribution in [3.8, 4) is 0 Å². The van der Waals surface area contributed by atoms with Gasteiger partial charge in [0.1, 0.15) is 0 Å². The number of carbonyl (C=O) groups is 1. The summed E-state index contributed by atoms with van der Waals surface area (Å²) in [6.45, 7) is 0. The van der Waals surface area contributed by atoms with E-state index < -0.39 is 0 Å². The molecule has 2 N–H and O–H groups in total. The van der Waals surface area contributed by atoms with E-state index in [-0.39, 0.29) is 5.78 Å². The van der Waals surface area contributed by atoms with E-state index in [2.05, 4.69) is 15.9 Å². The van der Waals surface area contributed by atoms with Gasteiger partial charge < -0.3 is 5.73 Å². The minimum atomic E-state index is -0.0844. The van der Waals surface area contributed by atoms with Gasteiger partial charge in [0.2, 0.25) is 0 Å². The third-order valence-electron chi connectivity index (χ3n) is 1.36. The molecule has 62 valence electrons. The largest absolute Gasteiger partial charge is 0.404 e. The van der Waals surface area contributed by atoms with Gasteiger partial charge >= 0.3 is 0 Å². The normalized spacial score (nSPS) is 10.4. The Morgan fingerprint density at radius 2 is 2.25 bits per heavy atom. The van der Waals surface area contributed by atoms with Crippen molar-refractivity contribution in [2.45, 2.75) is 0 Å². The molecule has 1 rings (SSSR count). The number of rotatable bonds is 2. The molecule has 0 spiro atoms. The fourth-order valence-corrected chi connectivity index (χ4v) is 1.22.